The minimum absolute atomic E-state index is 0. The normalized spacial score (nSPS) is 17.1. The van der Waals surface area contributed by atoms with Gasteiger partial charge in [-0.05, 0) is 42.8 Å². The Morgan fingerprint density at radius 2 is 1.82 bits per heavy atom. The highest BCUT2D eigenvalue weighted by molar-refractivity contribution is 7.89. The second kappa shape index (κ2) is 10.5. The van der Waals surface area contributed by atoms with Crippen molar-refractivity contribution in [3.63, 3.8) is 0 Å². The van der Waals surface area contributed by atoms with Gasteiger partial charge in [0.1, 0.15) is 5.00 Å². The molecule has 0 unspecified atom stereocenters. The van der Waals surface area contributed by atoms with E-state index < -0.39 is 21.8 Å². The monoisotopic (exact) mass is 514 g/mol. The van der Waals surface area contributed by atoms with Crippen molar-refractivity contribution in [1.82, 2.24) is 9.21 Å². The molecule has 0 saturated carbocycles. The van der Waals surface area contributed by atoms with Crippen LogP contribution in [0, 0.1) is 0 Å². The van der Waals surface area contributed by atoms with E-state index in [0.29, 0.717) is 48.9 Å². The number of amides is 2. The zero-order valence-electron chi connectivity index (χ0n) is 18.2. The number of nitrogens with one attached hydrogen (secondary N) is 1. The van der Waals surface area contributed by atoms with Gasteiger partial charge in [0.15, 0.2) is 0 Å². The van der Waals surface area contributed by atoms with E-state index in [-0.39, 0.29) is 17.3 Å². The molecule has 0 radical (unpaired) electrons. The highest BCUT2D eigenvalue weighted by Gasteiger charge is 2.28. The molecule has 0 spiro atoms. The maximum Gasteiger partial charge on any atom is 0.256 e. The van der Waals surface area contributed by atoms with Crippen molar-refractivity contribution in [2.75, 3.05) is 44.7 Å². The number of anilines is 1. The first-order valence-electron chi connectivity index (χ1n) is 10.5. The molecule has 180 valence electrons. The number of fused-ring (bicyclic) bond motifs is 1. The van der Waals surface area contributed by atoms with Crippen molar-refractivity contribution in [3.8, 4) is 0 Å². The van der Waals surface area contributed by atoms with Gasteiger partial charge < -0.3 is 15.8 Å². The number of ether oxygens (including phenoxy) is 1. The number of hydrogen-bond donors (Lipinski definition) is 2. The zero-order chi connectivity index (χ0) is 22.9. The SMILES string of the molecule is CCN1CCc2c(sc(NC(=O)c3ccc(S(=O)(=O)N4CCOCC4)cc3)c2C(N)=O)C1.Cl. The molecule has 1 fully saturated rings. The largest absolute Gasteiger partial charge is 0.379 e. The molecule has 1 aromatic heterocycles. The molecule has 3 N–H and O–H groups in total. The van der Waals surface area contributed by atoms with E-state index in [0.717, 1.165) is 30.1 Å². The zero-order valence-corrected chi connectivity index (χ0v) is 20.7. The number of thiophene rings is 1. The minimum Gasteiger partial charge on any atom is -0.379 e. The lowest BCUT2D eigenvalue weighted by atomic mass is 10.0. The second-order valence-corrected chi connectivity index (χ2v) is 10.7. The summed E-state index contributed by atoms with van der Waals surface area (Å²) in [6.07, 6.45) is 0.710. The van der Waals surface area contributed by atoms with E-state index in [9.17, 15) is 18.0 Å². The quantitative estimate of drug-likeness (QED) is 0.607. The summed E-state index contributed by atoms with van der Waals surface area (Å²) in [5.74, 6) is -0.983. The van der Waals surface area contributed by atoms with Crippen LogP contribution in [0.15, 0.2) is 29.2 Å². The first kappa shape index (κ1) is 25.6. The molecule has 9 nitrogen and oxygen atoms in total. The van der Waals surface area contributed by atoms with Crippen LogP contribution in [-0.2, 0) is 27.7 Å². The molecule has 12 heteroatoms. The van der Waals surface area contributed by atoms with Gasteiger partial charge in [0, 0.05) is 36.6 Å². The fraction of sp³-hybridized carbons (Fsp3) is 0.429. The number of morpholine rings is 1. The number of halogens is 1. The number of rotatable bonds is 6. The van der Waals surface area contributed by atoms with E-state index in [1.165, 1.54) is 39.9 Å². The molecule has 1 aromatic carbocycles. The number of sulfonamides is 1. The van der Waals surface area contributed by atoms with Gasteiger partial charge in [0.2, 0.25) is 10.0 Å². The second-order valence-electron chi connectivity index (χ2n) is 7.69. The van der Waals surface area contributed by atoms with Crippen molar-refractivity contribution in [1.29, 1.82) is 0 Å². The third kappa shape index (κ3) is 5.23. The summed E-state index contributed by atoms with van der Waals surface area (Å²) in [5, 5.41) is 3.24. The molecule has 4 rings (SSSR count). The summed E-state index contributed by atoms with van der Waals surface area (Å²) < 4.78 is 32.1. The van der Waals surface area contributed by atoms with E-state index >= 15 is 0 Å². The number of nitrogens with zero attached hydrogens (tertiary/aromatic N) is 2. The average molecular weight is 515 g/mol. The lowest BCUT2D eigenvalue weighted by Gasteiger charge is -2.26. The van der Waals surface area contributed by atoms with Crippen LogP contribution in [0.1, 0.15) is 38.1 Å². The van der Waals surface area contributed by atoms with Gasteiger partial charge >= 0.3 is 0 Å². The van der Waals surface area contributed by atoms with Gasteiger partial charge in [0.05, 0.1) is 23.7 Å². The Bertz CT molecular complexity index is 1130. The van der Waals surface area contributed by atoms with Gasteiger partial charge in [-0.1, -0.05) is 6.92 Å². The van der Waals surface area contributed by atoms with Crippen LogP contribution in [0.5, 0.6) is 0 Å². The fourth-order valence-electron chi connectivity index (χ4n) is 3.96. The molecular formula is C21H27ClN4O5S2. The van der Waals surface area contributed by atoms with Crippen LogP contribution in [-0.4, -0.2) is 68.8 Å². The summed E-state index contributed by atoms with van der Waals surface area (Å²) in [6, 6.07) is 5.79. The Morgan fingerprint density at radius 3 is 2.42 bits per heavy atom. The van der Waals surface area contributed by atoms with Gasteiger partial charge in [0.25, 0.3) is 11.8 Å². The van der Waals surface area contributed by atoms with Crippen LogP contribution >= 0.6 is 23.7 Å². The Kier molecular flexibility index (Phi) is 8.14. The van der Waals surface area contributed by atoms with Gasteiger partial charge in [-0.25, -0.2) is 8.42 Å². The van der Waals surface area contributed by atoms with Crippen LogP contribution in [0.2, 0.25) is 0 Å². The first-order valence-corrected chi connectivity index (χ1v) is 12.7. The summed E-state index contributed by atoms with van der Waals surface area (Å²) in [7, 11) is -3.63. The Morgan fingerprint density at radius 1 is 1.15 bits per heavy atom. The molecular weight excluding hydrogens is 488 g/mol. The number of nitrogens with two attached hydrogens (primary N) is 1. The molecule has 1 saturated heterocycles. The lowest BCUT2D eigenvalue weighted by molar-refractivity contribution is 0.0730. The maximum absolute atomic E-state index is 12.8. The van der Waals surface area contributed by atoms with Gasteiger partial charge in [-0.3, -0.25) is 14.5 Å². The molecule has 2 aromatic rings. The van der Waals surface area contributed by atoms with Crippen LogP contribution < -0.4 is 11.1 Å². The van der Waals surface area contributed by atoms with Crippen molar-refractivity contribution >= 4 is 50.6 Å². The molecule has 0 atom stereocenters. The molecule has 0 aliphatic carbocycles. The van der Waals surface area contributed by atoms with Gasteiger partial charge in [-0.2, -0.15) is 4.31 Å². The van der Waals surface area contributed by atoms with Gasteiger partial charge in [-0.15, -0.1) is 23.7 Å². The Labute approximate surface area is 203 Å². The Hall–Kier alpha value is -2.02. The smallest absolute Gasteiger partial charge is 0.256 e. The van der Waals surface area contributed by atoms with E-state index in [2.05, 4.69) is 17.1 Å². The topological polar surface area (TPSA) is 122 Å². The van der Waals surface area contributed by atoms with E-state index in [4.69, 9.17) is 10.5 Å². The molecule has 2 amide bonds. The standard InChI is InChI=1S/C21H26N4O5S2.ClH/c1-2-24-8-7-16-17(13-24)31-21(18(16)19(22)26)23-20(27)14-3-5-15(6-4-14)32(28,29)25-9-11-30-12-10-25;/h3-6H,2,7-13H2,1H3,(H2,22,26)(H,23,27);1H. The molecule has 2 aliphatic heterocycles. The number of carbonyl (C=O) groups is 2. The molecule has 3 heterocycles. The first-order chi connectivity index (χ1) is 15.3. The number of carbonyl (C=O) groups excluding carboxylic acids is 2. The molecule has 0 bridgehead atoms. The number of hydrogen-bond acceptors (Lipinski definition) is 7. The predicted molar refractivity (Wildman–Crippen MR) is 129 cm³/mol. The van der Waals surface area contributed by atoms with Crippen LogP contribution in [0.25, 0.3) is 0 Å². The number of benzene rings is 1. The highest BCUT2D eigenvalue weighted by Crippen LogP contribution is 2.37. The third-order valence-corrected chi connectivity index (χ3v) is 8.83. The highest BCUT2D eigenvalue weighted by atomic mass is 35.5. The maximum atomic E-state index is 12.8. The van der Waals surface area contributed by atoms with Crippen LogP contribution in [0.4, 0.5) is 5.00 Å². The predicted octanol–water partition coefficient (Wildman–Crippen LogP) is 1.92. The Balaban J connectivity index is 0.00000306. The minimum atomic E-state index is -3.63. The fourth-order valence-corrected chi connectivity index (χ4v) is 6.66. The average Bonchev–Trinajstić information content (AvgIpc) is 3.16. The van der Waals surface area contributed by atoms with Crippen molar-refractivity contribution in [2.45, 2.75) is 24.8 Å². The van der Waals surface area contributed by atoms with Crippen molar-refractivity contribution < 1.29 is 22.7 Å². The number of likely N-dealkylation sites (N-methyl/N-ethyl adjacent to an activating group) is 1. The lowest BCUT2D eigenvalue weighted by Crippen LogP contribution is -2.40. The van der Waals surface area contributed by atoms with Crippen molar-refractivity contribution in [2.24, 2.45) is 5.73 Å². The summed E-state index contributed by atoms with van der Waals surface area (Å²) in [4.78, 5) is 28.4. The van der Waals surface area contributed by atoms with E-state index in [1.807, 2.05) is 0 Å². The third-order valence-electron chi connectivity index (χ3n) is 5.78. The van der Waals surface area contributed by atoms with Crippen LogP contribution in [0.3, 0.4) is 0 Å². The summed E-state index contributed by atoms with van der Waals surface area (Å²) in [6.45, 7) is 5.89. The summed E-state index contributed by atoms with van der Waals surface area (Å²) in [5.41, 5.74) is 7.21. The number of primary amides is 1. The molecule has 2 aliphatic rings. The van der Waals surface area contributed by atoms with E-state index in [1.54, 1.807) is 0 Å². The molecule has 33 heavy (non-hydrogen) atoms. The van der Waals surface area contributed by atoms with Crippen molar-refractivity contribution in [3.05, 3.63) is 45.8 Å². The summed E-state index contributed by atoms with van der Waals surface area (Å²) >= 11 is 1.37.